The summed E-state index contributed by atoms with van der Waals surface area (Å²) in [4.78, 5) is 24.1. The predicted octanol–water partition coefficient (Wildman–Crippen LogP) is 3.52. The van der Waals surface area contributed by atoms with Crippen LogP contribution in [0.15, 0.2) is 42.5 Å². The molecule has 0 saturated heterocycles. The molecule has 0 fully saturated rings. The van der Waals surface area contributed by atoms with Crippen LogP contribution < -0.4 is 14.8 Å². The van der Waals surface area contributed by atoms with Gasteiger partial charge in [0.15, 0.2) is 17.6 Å². The molecule has 1 aliphatic heterocycles. The zero-order valence-electron chi connectivity index (χ0n) is 14.8. The molecule has 0 saturated carbocycles. The average Bonchev–Trinajstić information content (AvgIpc) is 3.15. The van der Waals surface area contributed by atoms with E-state index in [-0.39, 0.29) is 6.79 Å². The number of benzene rings is 2. The molecule has 0 spiro atoms. The summed E-state index contributed by atoms with van der Waals surface area (Å²) in [5.41, 5.74) is 1.47. The second kappa shape index (κ2) is 8.46. The van der Waals surface area contributed by atoms with E-state index in [0.717, 1.165) is 0 Å². The van der Waals surface area contributed by atoms with Gasteiger partial charge in [-0.1, -0.05) is 17.7 Å². The molecule has 28 heavy (non-hydrogen) atoms. The lowest BCUT2D eigenvalue weighted by Crippen LogP contribution is -2.29. The van der Waals surface area contributed by atoms with Crippen molar-refractivity contribution < 1.29 is 23.8 Å². The molecule has 1 N–H and O–H groups in total. The number of rotatable bonds is 5. The van der Waals surface area contributed by atoms with E-state index in [4.69, 9.17) is 31.1 Å². The van der Waals surface area contributed by atoms with Crippen molar-refractivity contribution in [3.8, 4) is 17.6 Å². The van der Waals surface area contributed by atoms with Crippen LogP contribution in [0.25, 0.3) is 6.08 Å². The molecule has 1 heterocycles. The Labute approximate surface area is 166 Å². The van der Waals surface area contributed by atoms with Crippen molar-refractivity contribution >= 4 is 35.2 Å². The Bertz CT molecular complexity index is 997. The summed E-state index contributed by atoms with van der Waals surface area (Å²) in [6, 6.07) is 11.7. The molecule has 2 aromatic carbocycles. The van der Waals surface area contributed by atoms with Crippen molar-refractivity contribution in [2.75, 3.05) is 12.1 Å². The molecule has 0 bridgehead atoms. The number of hydrogen-bond acceptors (Lipinski definition) is 6. The molecular weight excluding hydrogens is 384 g/mol. The molecule has 7 nitrogen and oxygen atoms in total. The normalized spacial score (nSPS) is 13.0. The summed E-state index contributed by atoms with van der Waals surface area (Å²) in [5.74, 6) is -0.245. The maximum Gasteiger partial charge on any atom is 0.331 e. The Morgan fingerprint density at radius 2 is 2.14 bits per heavy atom. The van der Waals surface area contributed by atoms with Crippen LogP contribution in [-0.4, -0.2) is 24.8 Å². The number of nitriles is 1. The highest BCUT2D eigenvalue weighted by Crippen LogP contribution is 2.40. The molecule has 0 radical (unpaired) electrons. The van der Waals surface area contributed by atoms with Gasteiger partial charge in [0.05, 0.1) is 16.7 Å². The second-order valence-corrected chi connectivity index (χ2v) is 6.24. The summed E-state index contributed by atoms with van der Waals surface area (Å²) >= 11 is 6.09. The molecule has 8 heteroatoms. The van der Waals surface area contributed by atoms with E-state index in [0.29, 0.717) is 33.3 Å². The third-order valence-electron chi connectivity index (χ3n) is 3.78. The Hall–Kier alpha value is -3.50. The minimum Gasteiger partial charge on any atom is -0.454 e. The highest BCUT2D eigenvalue weighted by atomic mass is 35.5. The molecule has 142 valence electrons. The lowest BCUT2D eigenvalue weighted by atomic mass is 10.2. The number of carbonyl (C=O) groups is 2. The van der Waals surface area contributed by atoms with Gasteiger partial charge in [-0.05, 0) is 48.9 Å². The third-order valence-corrected chi connectivity index (χ3v) is 4.06. The van der Waals surface area contributed by atoms with Crippen LogP contribution in [0.1, 0.15) is 18.1 Å². The molecular formula is C20H15ClN2O5. The van der Waals surface area contributed by atoms with E-state index < -0.39 is 18.0 Å². The first-order valence-corrected chi connectivity index (χ1v) is 8.63. The van der Waals surface area contributed by atoms with E-state index in [1.54, 1.807) is 30.3 Å². The molecule has 0 aliphatic carbocycles. The van der Waals surface area contributed by atoms with E-state index in [2.05, 4.69) is 5.32 Å². The molecule has 2 aromatic rings. The maximum atomic E-state index is 12.2. The number of esters is 1. The van der Waals surface area contributed by atoms with Crippen LogP contribution in [0.4, 0.5) is 5.69 Å². The predicted molar refractivity (Wildman–Crippen MR) is 102 cm³/mol. The van der Waals surface area contributed by atoms with Crippen LogP contribution in [0.3, 0.4) is 0 Å². The number of anilines is 1. The number of carbonyl (C=O) groups excluding carboxylic acids is 2. The lowest BCUT2D eigenvalue weighted by Gasteiger charge is -2.12. The molecule has 1 aliphatic rings. The Morgan fingerprint density at radius 1 is 1.32 bits per heavy atom. The van der Waals surface area contributed by atoms with Gasteiger partial charge in [-0.2, -0.15) is 5.26 Å². The van der Waals surface area contributed by atoms with Crippen molar-refractivity contribution in [3.05, 3.63) is 58.6 Å². The standard InChI is InChI=1S/C20H15ClN2O5/c1-12(20(25)23-15-4-2-3-14(7-15)10-22)28-18(24)6-5-13-8-16(21)19-17(9-13)26-11-27-19/h2-9,12H,11H2,1H3,(H,23,25)/b6-5+/t12-/m1/s1. The van der Waals surface area contributed by atoms with Gasteiger partial charge in [-0.3, -0.25) is 4.79 Å². The van der Waals surface area contributed by atoms with Crippen molar-refractivity contribution in [2.24, 2.45) is 0 Å². The first-order chi connectivity index (χ1) is 13.5. The number of ether oxygens (including phenoxy) is 3. The first kappa shape index (κ1) is 19.3. The Balaban J connectivity index is 1.58. The smallest absolute Gasteiger partial charge is 0.331 e. The average molecular weight is 399 g/mol. The van der Waals surface area contributed by atoms with Gasteiger partial charge in [0.1, 0.15) is 0 Å². The fraction of sp³-hybridized carbons (Fsp3) is 0.150. The van der Waals surface area contributed by atoms with Crippen LogP contribution in [0.5, 0.6) is 11.5 Å². The van der Waals surface area contributed by atoms with Crippen molar-refractivity contribution in [3.63, 3.8) is 0 Å². The maximum absolute atomic E-state index is 12.2. The fourth-order valence-electron chi connectivity index (χ4n) is 2.43. The van der Waals surface area contributed by atoms with Gasteiger partial charge in [0.25, 0.3) is 5.91 Å². The first-order valence-electron chi connectivity index (χ1n) is 8.25. The topological polar surface area (TPSA) is 97.7 Å². The van der Waals surface area contributed by atoms with Crippen molar-refractivity contribution in [1.82, 2.24) is 0 Å². The Morgan fingerprint density at radius 3 is 2.93 bits per heavy atom. The summed E-state index contributed by atoms with van der Waals surface area (Å²) in [5, 5.41) is 11.8. The van der Waals surface area contributed by atoms with Crippen LogP contribution >= 0.6 is 11.6 Å². The summed E-state index contributed by atoms with van der Waals surface area (Å²) in [6.07, 6.45) is 1.66. The zero-order valence-corrected chi connectivity index (χ0v) is 15.5. The minimum atomic E-state index is -1.02. The van der Waals surface area contributed by atoms with Gasteiger partial charge in [-0.15, -0.1) is 0 Å². The van der Waals surface area contributed by atoms with Crippen LogP contribution in [-0.2, 0) is 14.3 Å². The van der Waals surface area contributed by atoms with E-state index >= 15 is 0 Å². The third kappa shape index (κ3) is 4.61. The Kier molecular flexibility index (Phi) is 5.82. The van der Waals surface area contributed by atoms with Crippen LogP contribution in [0, 0.1) is 11.3 Å². The van der Waals surface area contributed by atoms with Gasteiger partial charge in [-0.25, -0.2) is 4.79 Å². The van der Waals surface area contributed by atoms with E-state index in [1.165, 1.54) is 25.1 Å². The lowest BCUT2D eigenvalue weighted by molar-refractivity contribution is -0.148. The van der Waals surface area contributed by atoms with Gasteiger partial charge < -0.3 is 19.5 Å². The summed E-state index contributed by atoms with van der Waals surface area (Å²) < 4.78 is 15.6. The number of fused-ring (bicyclic) bond motifs is 1. The zero-order chi connectivity index (χ0) is 20.1. The number of nitrogens with zero attached hydrogens (tertiary/aromatic N) is 1. The van der Waals surface area contributed by atoms with Gasteiger partial charge >= 0.3 is 5.97 Å². The number of hydrogen-bond donors (Lipinski definition) is 1. The fourth-order valence-corrected chi connectivity index (χ4v) is 2.70. The summed E-state index contributed by atoms with van der Waals surface area (Å²) in [7, 11) is 0. The molecule has 0 aromatic heterocycles. The SMILES string of the molecule is C[C@@H](OC(=O)/C=C/c1cc(Cl)c2c(c1)OCO2)C(=O)Nc1cccc(C#N)c1. The van der Waals surface area contributed by atoms with E-state index in [1.807, 2.05) is 6.07 Å². The monoisotopic (exact) mass is 398 g/mol. The summed E-state index contributed by atoms with van der Waals surface area (Å²) in [6.45, 7) is 1.54. The molecule has 0 unspecified atom stereocenters. The van der Waals surface area contributed by atoms with Gasteiger partial charge in [0.2, 0.25) is 6.79 Å². The van der Waals surface area contributed by atoms with Crippen molar-refractivity contribution in [1.29, 1.82) is 5.26 Å². The highest BCUT2D eigenvalue weighted by Gasteiger charge is 2.19. The quantitative estimate of drug-likeness (QED) is 0.611. The molecule has 3 rings (SSSR count). The number of halogens is 1. The number of nitrogens with one attached hydrogen (secondary N) is 1. The minimum absolute atomic E-state index is 0.0914. The second-order valence-electron chi connectivity index (χ2n) is 5.83. The van der Waals surface area contributed by atoms with E-state index in [9.17, 15) is 9.59 Å². The number of amides is 1. The molecule has 1 amide bonds. The highest BCUT2D eigenvalue weighted by molar-refractivity contribution is 6.32. The van der Waals surface area contributed by atoms with Gasteiger partial charge in [0, 0.05) is 11.8 Å². The molecule has 1 atom stereocenters. The largest absolute Gasteiger partial charge is 0.454 e. The van der Waals surface area contributed by atoms with Crippen molar-refractivity contribution in [2.45, 2.75) is 13.0 Å². The van der Waals surface area contributed by atoms with Crippen LogP contribution in [0.2, 0.25) is 5.02 Å².